The lowest BCUT2D eigenvalue weighted by Gasteiger charge is -2.26. The molecule has 0 aliphatic carbocycles. The molecule has 1 atom stereocenters. The summed E-state index contributed by atoms with van der Waals surface area (Å²) in [5, 5.41) is 3.55. The molecule has 1 heteroatoms. The third-order valence-corrected chi connectivity index (χ3v) is 2.48. The lowest BCUT2D eigenvalue weighted by molar-refractivity contribution is 0.298. The van der Waals surface area contributed by atoms with Crippen molar-refractivity contribution in [3.63, 3.8) is 0 Å². The van der Waals surface area contributed by atoms with E-state index in [-0.39, 0.29) is 0 Å². The first-order valence-electron chi connectivity index (χ1n) is 5.60. The first kappa shape index (κ1) is 13.0. The van der Waals surface area contributed by atoms with Crippen LogP contribution in [0.2, 0.25) is 0 Å². The van der Waals surface area contributed by atoms with Gasteiger partial charge >= 0.3 is 0 Å². The monoisotopic (exact) mass is 185 g/mol. The molecule has 0 aliphatic heterocycles. The van der Waals surface area contributed by atoms with Crippen molar-refractivity contribution in [3.05, 3.63) is 0 Å². The Morgan fingerprint density at radius 2 is 1.69 bits per heavy atom. The fraction of sp³-hybridized carbons (Fsp3) is 1.00. The van der Waals surface area contributed by atoms with Gasteiger partial charge in [0.1, 0.15) is 0 Å². The molecule has 0 aromatic rings. The van der Waals surface area contributed by atoms with Crippen LogP contribution in [0.3, 0.4) is 0 Å². The highest BCUT2D eigenvalue weighted by molar-refractivity contribution is 4.73. The van der Waals surface area contributed by atoms with Crippen LogP contribution in [-0.2, 0) is 0 Å². The first-order valence-corrected chi connectivity index (χ1v) is 5.60. The third kappa shape index (κ3) is 7.06. The van der Waals surface area contributed by atoms with Crippen LogP contribution in [0.4, 0.5) is 0 Å². The van der Waals surface area contributed by atoms with Crippen LogP contribution >= 0.6 is 0 Å². The molecular weight excluding hydrogens is 158 g/mol. The topological polar surface area (TPSA) is 12.0 Å². The van der Waals surface area contributed by atoms with Crippen LogP contribution in [0.15, 0.2) is 0 Å². The Hall–Kier alpha value is -0.0400. The van der Waals surface area contributed by atoms with E-state index in [1.807, 2.05) is 0 Å². The van der Waals surface area contributed by atoms with Crippen molar-refractivity contribution in [1.29, 1.82) is 0 Å². The molecule has 0 saturated heterocycles. The van der Waals surface area contributed by atoms with E-state index in [1.54, 1.807) is 0 Å². The fourth-order valence-corrected chi connectivity index (χ4v) is 1.52. The summed E-state index contributed by atoms with van der Waals surface area (Å²) in [6.07, 6.45) is 2.61. The minimum atomic E-state index is 0.475. The highest BCUT2D eigenvalue weighted by Crippen LogP contribution is 2.23. The van der Waals surface area contributed by atoms with Crippen molar-refractivity contribution in [3.8, 4) is 0 Å². The molecule has 0 aliphatic rings. The van der Waals surface area contributed by atoms with Crippen molar-refractivity contribution in [1.82, 2.24) is 5.32 Å². The normalized spacial score (nSPS) is 15.0. The number of hydrogen-bond donors (Lipinski definition) is 1. The van der Waals surface area contributed by atoms with Gasteiger partial charge in [-0.25, -0.2) is 0 Å². The highest BCUT2D eigenvalue weighted by Gasteiger charge is 2.16. The molecule has 13 heavy (non-hydrogen) atoms. The van der Waals surface area contributed by atoms with Gasteiger partial charge < -0.3 is 5.32 Å². The smallest absolute Gasteiger partial charge is 0.00901 e. The summed E-state index contributed by atoms with van der Waals surface area (Å²) in [6.45, 7) is 14.8. The number of hydrogen-bond acceptors (Lipinski definition) is 1. The largest absolute Gasteiger partial charge is 0.314 e. The molecule has 0 aromatic heterocycles. The van der Waals surface area contributed by atoms with Gasteiger partial charge in [0.2, 0.25) is 0 Å². The zero-order valence-corrected chi connectivity index (χ0v) is 10.3. The van der Waals surface area contributed by atoms with E-state index in [2.05, 4.69) is 46.9 Å². The third-order valence-electron chi connectivity index (χ3n) is 2.48. The zero-order chi connectivity index (χ0) is 10.5. The summed E-state index contributed by atoms with van der Waals surface area (Å²) >= 11 is 0. The molecule has 1 N–H and O–H groups in total. The SMILES string of the molecule is CCNC(CCC(C)(C)C)C(C)C. The van der Waals surface area contributed by atoms with Gasteiger partial charge in [0.25, 0.3) is 0 Å². The maximum absolute atomic E-state index is 3.55. The van der Waals surface area contributed by atoms with Gasteiger partial charge in [-0.3, -0.25) is 0 Å². The second kappa shape index (κ2) is 5.64. The van der Waals surface area contributed by atoms with E-state index in [0.717, 1.165) is 12.5 Å². The van der Waals surface area contributed by atoms with Gasteiger partial charge in [-0.05, 0) is 30.7 Å². The molecule has 1 nitrogen and oxygen atoms in total. The number of rotatable bonds is 5. The Bertz CT molecular complexity index is 122. The predicted molar refractivity (Wildman–Crippen MR) is 61.0 cm³/mol. The average Bonchev–Trinajstić information content (AvgIpc) is 1.95. The standard InChI is InChI=1S/C12H27N/c1-7-13-11(10(2)3)8-9-12(4,5)6/h10-11,13H,7-9H2,1-6H3. The molecule has 80 valence electrons. The van der Waals surface area contributed by atoms with Crippen molar-refractivity contribution in [2.45, 2.75) is 60.4 Å². The lowest BCUT2D eigenvalue weighted by Crippen LogP contribution is -2.34. The summed E-state index contributed by atoms with van der Waals surface area (Å²) in [6, 6.07) is 0.698. The van der Waals surface area contributed by atoms with Gasteiger partial charge in [0, 0.05) is 6.04 Å². The molecule has 0 amide bonds. The molecule has 1 unspecified atom stereocenters. The maximum atomic E-state index is 3.55. The van der Waals surface area contributed by atoms with E-state index in [9.17, 15) is 0 Å². The average molecular weight is 185 g/mol. The van der Waals surface area contributed by atoms with E-state index in [4.69, 9.17) is 0 Å². The summed E-state index contributed by atoms with van der Waals surface area (Å²) in [4.78, 5) is 0. The van der Waals surface area contributed by atoms with Gasteiger partial charge in [-0.2, -0.15) is 0 Å². The van der Waals surface area contributed by atoms with Crippen LogP contribution in [-0.4, -0.2) is 12.6 Å². The Morgan fingerprint density at radius 1 is 1.15 bits per heavy atom. The van der Waals surface area contributed by atoms with E-state index in [1.165, 1.54) is 12.8 Å². The molecule has 0 saturated carbocycles. The second-order valence-electron chi connectivity index (χ2n) is 5.51. The first-order chi connectivity index (χ1) is 5.87. The van der Waals surface area contributed by atoms with Crippen LogP contribution in [0.25, 0.3) is 0 Å². The van der Waals surface area contributed by atoms with E-state index in [0.29, 0.717) is 11.5 Å². The lowest BCUT2D eigenvalue weighted by atomic mass is 9.86. The molecule has 0 rings (SSSR count). The Kier molecular flexibility index (Phi) is 5.62. The molecule has 0 radical (unpaired) electrons. The summed E-state index contributed by atoms with van der Waals surface area (Å²) in [5.41, 5.74) is 0.475. The van der Waals surface area contributed by atoms with Crippen LogP contribution in [0, 0.1) is 11.3 Å². The Morgan fingerprint density at radius 3 is 2.00 bits per heavy atom. The number of nitrogens with one attached hydrogen (secondary N) is 1. The highest BCUT2D eigenvalue weighted by atomic mass is 14.9. The summed E-state index contributed by atoms with van der Waals surface area (Å²) < 4.78 is 0. The van der Waals surface area contributed by atoms with Crippen molar-refractivity contribution >= 4 is 0 Å². The van der Waals surface area contributed by atoms with Crippen LogP contribution in [0.5, 0.6) is 0 Å². The Balaban J connectivity index is 3.82. The van der Waals surface area contributed by atoms with Gasteiger partial charge in [-0.15, -0.1) is 0 Å². The van der Waals surface area contributed by atoms with Crippen molar-refractivity contribution in [2.24, 2.45) is 11.3 Å². The van der Waals surface area contributed by atoms with Gasteiger partial charge in [0.05, 0.1) is 0 Å². The van der Waals surface area contributed by atoms with Gasteiger partial charge in [0.15, 0.2) is 0 Å². The molecule has 0 fully saturated rings. The van der Waals surface area contributed by atoms with E-state index < -0.39 is 0 Å². The fourth-order valence-electron chi connectivity index (χ4n) is 1.52. The quantitative estimate of drug-likeness (QED) is 0.692. The summed E-state index contributed by atoms with van der Waals surface area (Å²) in [5.74, 6) is 0.752. The minimum Gasteiger partial charge on any atom is -0.314 e. The van der Waals surface area contributed by atoms with Crippen molar-refractivity contribution < 1.29 is 0 Å². The minimum absolute atomic E-state index is 0.475. The zero-order valence-electron chi connectivity index (χ0n) is 10.3. The molecule has 0 spiro atoms. The van der Waals surface area contributed by atoms with Gasteiger partial charge in [-0.1, -0.05) is 41.5 Å². The summed E-state index contributed by atoms with van der Waals surface area (Å²) in [7, 11) is 0. The Labute approximate surface area is 84.3 Å². The predicted octanol–water partition coefficient (Wildman–Crippen LogP) is 3.45. The van der Waals surface area contributed by atoms with Crippen molar-refractivity contribution in [2.75, 3.05) is 6.54 Å². The van der Waals surface area contributed by atoms with E-state index >= 15 is 0 Å². The van der Waals surface area contributed by atoms with Crippen LogP contribution in [0.1, 0.15) is 54.4 Å². The molecule has 0 aromatic carbocycles. The molecule has 0 bridgehead atoms. The second-order valence-corrected chi connectivity index (χ2v) is 5.51. The molecular formula is C12H27N. The van der Waals surface area contributed by atoms with Crippen LogP contribution < -0.4 is 5.32 Å². The maximum Gasteiger partial charge on any atom is 0.00901 e. The molecule has 0 heterocycles.